The van der Waals surface area contributed by atoms with Crippen LogP contribution in [0.4, 0.5) is 5.69 Å². The number of halogens is 1. The van der Waals surface area contributed by atoms with E-state index in [1.165, 1.54) is 35.3 Å². The van der Waals surface area contributed by atoms with Crippen LogP contribution < -0.4 is 15.6 Å². The highest BCUT2D eigenvalue weighted by Gasteiger charge is 2.28. The number of rotatable bonds is 3. The molecule has 2 aromatic rings. The van der Waals surface area contributed by atoms with E-state index in [2.05, 4.69) is 5.43 Å². The highest BCUT2D eigenvalue weighted by Crippen LogP contribution is 2.33. The molecule has 1 amide bonds. The number of phenols is 1. The van der Waals surface area contributed by atoms with E-state index in [0.29, 0.717) is 11.3 Å². The predicted octanol–water partition coefficient (Wildman–Crippen LogP) is 1.79. The fourth-order valence-corrected chi connectivity index (χ4v) is 3.68. The van der Waals surface area contributed by atoms with Crippen LogP contribution in [-0.2, 0) is 16.4 Å². The zero-order chi connectivity index (χ0) is 20.9. The first-order chi connectivity index (χ1) is 12.9. The molecule has 1 atom stereocenters. The number of hydrazine groups is 1. The van der Waals surface area contributed by atoms with Gasteiger partial charge in [-0.05, 0) is 55.2 Å². The van der Waals surface area contributed by atoms with Crippen molar-refractivity contribution in [2.24, 2.45) is 5.14 Å². The normalized spacial score (nSPS) is 18.9. The topological polar surface area (TPSA) is 113 Å². The number of carbonyl (C=O) groups is 1. The summed E-state index contributed by atoms with van der Waals surface area (Å²) in [5, 5.41) is 15.8. The van der Waals surface area contributed by atoms with E-state index in [0.717, 1.165) is 6.07 Å². The molecular formula is C16H16ClN3O4S. The van der Waals surface area contributed by atoms with Crippen LogP contribution in [0.1, 0.15) is 26.9 Å². The Kier molecular flexibility index (Phi) is 3.46. The fourth-order valence-electron chi connectivity index (χ4n) is 2.61. The molecule has 0 bridgehead atoms. The van der Waals surface area contributed by atoms with Crippen molar-refractivity contribution in [3.8, 4) is 5.75 Å². The van der Waals surface area contributed by atoms with Crippen LogP contribution in [0.5, 0.6) is 5.75 Å². The standard InChI is InChI=1S/C16H16ClN3O4S/c1-9-6-11-7-12(21)3-5-14(11)20(9)19-16(22)10-2-4-13(17)15(8-10)25(18,23)24/h2-5,7-9,21H,6H2,1H3,(H,19,22)(H2,18,23,24)/i1+1D3. The summed E-state index contributed by atoms with van der Waals surface area (Å²) < 4.78 is 46.5. The van der Waals surface area contributed by atoms with Crippen LogP contribution in [0, 0.1) is 0 Å². The number of hydrogen-bond donors (Lipinski definition) is 3. The SMILES string of the molecule is [2H][13C]([2H])([2H])C1Cc2cc(O)ccc2N1NC(=O)c1ccc(Cl)c(S(N)(=O)=O)c1. The van der Waals surface area contributed by atoms with Crippen LogP contribution in [0.25, 0.3) is 0 Å². The number of fused-ring (bicyclic) bond motifs is 1. The molecule has 0 aliphatic carbocycles. The van der Waals surface area contributed by atoms with Gasteiger partial charge in [-0.15, -0.1) is 0 Å². The average Bonchev–Trinajstić information content (AvgIpc) is 2.92. The molecule has 1 aliphatic heterocycles. The number of phenolic OH excluding ortho intramolecular Hbond substituents is 1. The summed E-state index contributed by atoms with van der Waals surface area (Å²) in [5.41, 5.74) is 3.42. The number of aromatic hydroxyl groups is 1. The lowest BCUT2D eigenvalue weighted by atomic mass is 10.1. The van der Waals surface area contributed by atoms with E-state index >= 15 is 0 Å². The molecule has 1 unspecified atom stereocenters. The minimum atomic E-state index is -4.15. The molecule has 0 radical (unpaired) electrons. The van der Waals surface area contributed by atoms with Gasteiger partial charge >= 0.3 is 0 Å². The second-order valence-corrected chi connectivity index (χ2v) is 7.47. The van der Waals surface area contributed by atoms with E-state index in [1.54, 1.807) is 0 Å². The molecule has 132 valence electrons. The number of benzene rings is 2. The molecule has 1 aliphatic rings. The Hall–Kier alpha value is -2.29. The first kappa shape index (κ1) is 13.9. The van der Waals surface area contributed by atoms with Gasteiger partial charge in [0.15, 0.2) is 0 Å². The van der Waals surface area contributed by atoms with Gasteiger partial charge < -0.3 is 5.11 Å². The summed E-state index contributed by atoms with van der Waals surface area (Å²) in [4.78, 5) is 12.3. The first-order valence-electron chi connectivity index (χ1n) is 8.62. The van der Waals surface area contributed by atoms with Crippen LogP contribution in [0.2, 0.25) is 5.02 Å². The fraction of sp³-hybridized carbons (Fsp3) is 0.188. The zero-order valence-corrected chi connectivity index (χ0v) is 14.3. The summed E-state index contributed by atoms with van der Waals surface area (Å²) in [6.45, 7) is -2.42. The molecule has 0 saturated heterocycles. The molecule has 1 heterocycles. The molecule has 0 saturated carbocycles. The van der Waals surface area contributed by atoms with E-state index in [4.69, 9.17) is 20.9 Å². The van der Waals surface area contributed by atoms with Gasteiger partial charge in [0.1, 0.15) is 10.6 Å². The van der Waals surface area contributed by atoms with E-state index in [-0.39, 0.29) is 22.8 Å². The average molecular weight is 386 g/mol. The van der Waals surface area contributed by atoms with Crippen LogP contribution in [0.3, 0.4) is 0 Å². The van der Waals surface area contributed by atoms with Gasteiger partial charge in [0.25, 0.3) is 5.91 Å². The van der Waals surface area contributed by atoms with Gasteiger partial charge in [0.2, 0.25) is 10.0 Å². The molecule has 0 fully saturated rings. The Labute approximate surface area is 154 Å². The number of carbonyl (C=O) groups excluding carboxylic acids is 1. The van der Waals surface area contributed by atoms with E-state index < -0.39 is 33.7 Å². The number of anilines is 1. The Bertz CT molecular complexity index is 1060. The minimum Gasteiger partial charge on any atom is -0.508 e. The summed E-state index contributed by atoms with van der Waals surface area (Å²) in [7, 11) is -4.15. The predicted molar refractivity (Wildman–Crippen MR) is 94.0 cm³/mol. The van der Waals surface area contributed by atoms with Crippen molar-refractivity contribution in [1.82, 2.24) is 5.43 Å². The molecule has 7 nitrogen and oxygen atoms in total. The molecule has 9 heteroatoms. The Morgan fingerprint density at radius 3 is 2.84 bits per heavy atom. The van der Waals surface area contributed by atoms with E-state index in [1.807, 2.05) is 0 Å². The van der Waals surface area contributed by atoms with Crippen LogP contribution >= 0.6 is 11.6 Å². The third kappa shape index (κ3) is 3.41. The van der Waals surface area contributed by atoms with Crippen molar-refractivity contribution >= 4 is 33.2 Å². The molecule has 0 aromatic heterocycles. The monoisotopic (exact) mass is 385 g/mol. The van der Waals surface area contributed by atoms with Gasteiger partial charge in [-0.2, -0.15) is 0 Å². The molecular weight excluding hydrogens is 367 g/mol. The number of amides is 1. The second-order valence-electron chi connectivity index (χ2n) is 5.53. The quantitative estimate of drug-likeness (QED) is 0.697. The van der Waals surface area contributed by atoms with Crippen molar-refractivity contribution in [2.75, 3.05) is 5.01 Å². The summed E-state index contributed by atoms with van der Waals surface area (Å²) in [5.74, 6) is -0.761. The maximum Gasteiger partial charge on any atom is 0.269 e. The highest BCUT2D eigenvalue weighted by atomic mass is 35.5. The lowest BCUT2D eigenvalue weighted by Crippen LogP contribution is -2.45. The molecule has 2 aromatic carbocycles. The van der Waals surface area contributed by atoms with Crippen molar-refractivity contribution in [2.45, 2.75) is 24.2 Å². The Morgan fingerprint density at radius 1 is 1.40 bits per heavy atom. The Balaban J connectivity index is 1.96. The van der Waals surface area contributed by atoms with Crippen LogP contribution in [0.15, 0.2) is 41.3 Å². The van der Waals surface area contributed by atoms with Crippen LogP contribution in [-0.4, -0.2) is 25.5 Å². The third-order valence-electron chi connectivity index (χ3n) is 3.77. The summed E-state index contributed by atoms with van der Waals surface area (Å²) in [6, 6.07) is 6.78. The number of nitrogens with one attached hydrogen (secondary N) is 1. The zero-order valence-electron chi connectivity index (χ0n) is 15.7. The summed E-state index contributed by atoms with van der Waals surface area (Å²) >= 11 is 5.82. The molecule has 0 spiro atoms. The van der Waals surface area contributed by atoms with Gasteiger partial charge in [0, 0.05) is 9.68 Å². The number of primary sulfonamides is 1. The van der Waals surface area contributed by atoms with E-state index in [9.17, 15) is 18.3 Å². The van der Waals surface area contributed by atoms with Crippen molar-refractivity contribution in [1.29, 1.82) is 0 Å². The number of nitrogens with zero attached hydrogens (tertiary/aromatic N) is 1. The lowest BCUT2D eigenvalue weighted by Gasteiger charge is -2.25. The second kappa shape index (κ2) is 6.21. The molecule has 4 N–H and O–H groups in total. The summed E-state index contributed by atoms with van der Waals surface area (Å²) in [6.07, 6.45) is 0.0869. The molecule has 25 heavy (non-hydrogen) atoms. The van der Waals surface area contributed by atoms with Crippen molar-refractivity contribution in [3.63, 3.8) is 0 Å². The van der Waals surface area contributed by atoms with Crippen molar-refractivity contribution < 1.29 is 22.4 Å². The van der Waals surface area contributed by atoms with Crippen molar-refractivity contribution in [3.05, 3.63) is 52.5 Å². The largest absolute Gasteiger partial charge is 0.508 e. The number of sulfonamides is 1. The number of hydrogen-bond acceptors (Lipinski definition) is 5. The number of nitrogens with two attached hydrogens (primary N) is 1. The maximum absolute atomic E-state index is 12.7. The smallest absolute Gasteiger partial charge is 0.269 e. The lowest BCUT2D eigenvalue weighted by molar-refractivity contribution is 0.0946. The molecule has 3 rings (SSSR count). The highest BCUT2D eigenvalue weighted by molar-refractivity contribution is 7.89. The van der Waals surface area contributed by atoms with Gasteiger partial charge in [-0.25, -0.2) is 13.6 Å². The maximum atomic E-state index is 12.7. The Morgan fingerprint density at radius 2 is 2.16 bits per heavy atom. The van der Waals surface area contributed by atoms with Gasteiger partial charge in [0.05, 0.1) is 16.8 Å². The minimum absolute atomic E-state index is 0.0216. The first-order valence-corrected chi connectivity index (χ1v) is 9.05. The van der Waals surface area contributed by atoms with Gasteiger partial charge in [-0.3, -0.25) is 15.2 Å². The third-order valence-corrected chi connectivity index (χ3v) is 5.16. The van der Waals surface area contributed by atoms with Gasteiger partial charge in [-0.1, -0.05) is 11.6 Å².